The van der Waals surface area contributed by atoms with Crippen LogP contribution in [0.25, 0.3) is 0 Å². The first kappa shape index (κ1) is 25.3. The van der Waals surface area contributed by atoms with Gasteiger partial charge in [-0.05, 0) is 38.8 Å². The number of halogens is 3. The minimum Gasteiger partial charge on any atom is -0.475 e. The van der Waals surface area contributed by atoms with Crippen LogP contribution >= 0.6 is 11.3 Å². The van der Waals surface area contributed by atoms with Gasteiger partial charge in [-0.25, -0.2) is 18.2 Å². The third kappa shape index (κ3) is 6.51. The molecule has 0 aliphatic carbocycles. The van der Waals surface area contributed by atoms with Crippen LogP contribution in [0.3, 0.4) is 0 Å². The quantitative estimate of drug-likeness (QED) is 0.704. The lowest BCUT2D eigenvalue weighted by atomic mass is 10.2. The first-order valence-electron chi connectivity index (χ1n) is 9.41. The number of nitrogens with zero attached hydrogens (tertiary/aromatic N) is 4. The van der Waals surface area contributed by atoms with Gasteiger partial charge >= 0.3 is 12.1 Å². The highest BCUT2D eigenvalue weighted by Crippen LogP contribution is 2.26. The van der Waals surface area contributed by atoms with Gasteiger partial charge in [0.2, 0.25) is 0 Å². The Balaban J connectivity index is 0.000000423. The Morgan fingerprint density at radius 3 is 2.52 bits per heavy atom. The summed E-state index contributed by atoms with van der Waals surface area (Å²) in [6.45, 7) is 6.75. The summed E-state index contributed by atoms with van der Waals surface area (Å²) in [7, 11) is -1.36. The smallest absolute Gasteiger partial charge is 0.475 e. The summed E-state index contributed by atoms with van der Waals surface area (Å²) >= 11 is 1.27. The Morgan fingerprint density at radius 1 is 1.35 bits per heavy atom. The molecule has 3 heterocycles. The van der Waals surface area contributed by atoms with E-state index in [0.717, 1.165) is 30.9 Å². The van der Waals surface area contributed by atoms with Crippen LogP contribution in [0.4, 0.5) is 13.2 Å². The highest BCUT2D eigenvalue weighted by molar-refractivity contribution is 7.91. The number of aryl methyl sites for hydroxylation is 1. The van der Waals surface area contributed by atoms with E-state index >= 15 is 0 Å². The molecule has 0 bridgehead atoms. The Morgan fingerprint density at radius 2 is 2.00 bits per heavy atom. The van der Waals surface area contributed by atoms with Gasteiger partial charge in [-0.1, -0.05) is 6.07 Å². The van der Waals surface area contributed by atoms with E-state index in [1.807, 2.05) is 6.33 Å². The van der Waals surface area contributed by atoms with Crippen molar-refractivity contribution >= 4 is 27.3 Å². The van der Waals surface area contributed by atoms with E-state index < -0.39 is 22.2 Å². The number of carboxylic acid groups (broad SMARTS) is 1. The zero-order chi connectivity index (χ0) is 23.4. The molecule has 8 nitrogen and oxygen atoms in total. The second-order valence-corrected chi connectivity index (χ2v) is 10.4. The van der Waals surface area contributed by atoms with Crippen molar-refractivity contribution in [1.29, 1.82) is 0 Å². The number of carboxylic acids is 1. The maximum atomic E-state index is 12.9. The Hall–Kier alpha value is -1.96. The Bertz CT molecular complexity index is 973. The van der Waals surface area contributed by atoms with E-state index in [0.29, 0.717) is 23.3 Å². The molecule has 3 rings (SSSR count). The van der Waals surface area contributed by atoms with Gasteiger partial charge in [0.05, 0.1) is 24.3 Å². The maximum absolute atomic E-state index is 12.9. The van der Waals surface area contributed by atoms with E-state index in [2.05, 4.69) is 35.3 Å². The molecule has 0 atom stereocenters. The lowest BCUT2D eigenvalue weighted by Crippen LogP contribution is -2.31. The van der Waals surface area contributed by atoms with E-state index in [1.54, 1.807) is 21.8 Å². The van der Waals surface area contributed by atoms with Crippen molar-refractivity contribution in [3.8, 4) is 0 Å². The number of alkyl halides is 3. The summed E-state index contributed by atoms with van der Waals surface area (Å²) in [5.41, 5.74) is 1.99. The molecule has 31 heavy (non-hydrogen) atoms. The first-order valence-corrected chi connectivity index (χ1v) is 11.7. The largest absolute Gasteiger partial charge is 0.490 e. The summed E-state index contributed by atoms with van der Waals surface area (Å²) in [6.07, 6.45) is -2.44. The number of aromatic nitrogens is 2. The number of thiophene rings is 1. The van der Waals surface area contributed by atoms with Crippen LogP contribution < -0.4 is 0 Å². The van der Waals surface area contributed by atoms with E-state index in [4.69, 9.17) is 9.90 Å². The van der Waals surface area contributed by atoms with Crippen molar-refractivity contribution in [2.24, 2.45) is 0 Å². The van der Waals surface area contributed by atoms with Crippen molar-refractivity contribution in [2.75, 3.05) is 13.6 Å². The number of fused-ring (bicyclic) bond motifs is 1. The van der Waals surface area contributed by atoms with Gasteiger partial charge in [0.25, 0.3) is 10.0 Å². The van der Waals surface area contributed by atoms with Crippen LogP contribution in [-0.4, -0.2) is 64.1 Å². The lowest BCUT2D eigenvalue weighted by molar-refractivity contribution is -0.192. The minimum atomic E-state index is -5.08. The molecule has 13 heteroatoms. The lowest BCUT2D eigenvalue weighted by Gasteiger charge is -2.22. The number of hydrogen-bond acceptors (Lipinski definition) is 6. The van der Waals surface area contributed by atoms with Crippen molar-refractivity contribution in [2.45, 2.75) is 56.3 Å². The predicted octanol–water partition coefficient (Wildman–Crippen LogP) is 3.01. The third-order valence-corrected chi connectivity index (χ3v) is 8.00. The number of sulfonamides is 1. The minimum absolute atomic E-state index is 0.390. The summed E-state index contributed by atoms with van der Waals surface area (Å²) in [5, 5.41) is 8.93. The zero-order valence-electron chi connectivity index (χ0n) is 17.3. The Kier molecular flexibility index (Phi) is 8.25. The number of rotatable bonds is 5. The van der Waals surface area contributed by atoms with Gasteiger partial charge in [0.1, 0.15) is 4.21 Å². The van der Waals surface area contributed by atoms with Crippen LogP contribution in [0, 0.1) is 0 Å². The van der Waals surface area contributed by atoms with Crippen molar-refractivity contribution in [3.63, 3.8) is 0 Å². The molecular weight excluding hydrogens is 457 g/mol. The molecule has 0 aromatic carbocycles. The average Bonchev–Trinajstić information content (AvgIpc) is 3.27. The van der Waals surface area contributed by atoms with Crippen LogP contribution in [0.5, 0.6) is 0 Å². The number of hydrogen-bond donors (Lipinski definition) is 1. The third-order valence-electron chi connectivity index (χ3n) is 4.78. The summed E-state index contributed by atoms with van der Waals surface area (Å²) in [5.74, 6) is -2.76. The summed E-state index contributed by atoms with van der Waals surface area (Å²) < 4.78 is 61.6. The molecule has 0 fully saturated rings. The molecule has 0 unspecified atom stereocenters. The first-order chi connectivity index (χ1) is 14.3. The fourth-order valence-electron chi connectivity index (χ4n) is 2.78. The Labute approximate surface area is 183 Å². The molecule has 2 aromatic rings. The SMILES string of the molecule is CC(C)N(C)Cc1ncn2c1CN(S(=O)(=O)c1cccs1)CCC2.O=C(O)C(F)(F)F. The standard InChI is InChI=1S/C16H24N4O2S2.C2HF3O2/c1-13(2)18(3)10-14-15-11-20(8-5-7-19(15)12-17-14)24(21,22)16-6-4-9-23-16;3-2(4,5)1(6)7/h4,6,9,12-13H,5,7-8,10-11H2,1-3H3;(H,6,7). The molecule has 1 aliphatic heterocycles. The highest BCUT2D eigenvalue weighted by Gasteiger charge is 2.38. The molecule has 0 saturated heterocycles. The van der Waals surface area contributed by atoms with Crippen LogP contribution in [-0.2, 0) is 34.5 Å². The molecule has 0 amide bonds. The highest BCUT2D eigenvalue weighted by atomic mass is 32.2. The molecule has 0 saturated carbocycles. The molecule has 0 spiro atoms. The monoisotopic (exact) mass is 482 g/mol. The number of imidazole rings is 1. The zero-order valence-corrected chi connectivity index (χ0v) is 19.0. The number of aliphatic carboxylic acids is 1. The molecule has 0 radical (unpaired) electrons. The van der Waals surface area contributed by atoms with Crippen molar-refractivity contribution in [1.82, 2.24) is 18.8 Å². The van der Waals surface area contributed by atoms with Crippen LogP contribution in [0.15, 0.2) is 28.0 Å². The summed E-state index contributed by atoms with van der Waals surface area (Å²) in [4.78, 5) is 15.7. The number of carbonyl (C=O) groups is 1. The van der Waals surface area contributed by atoms with Gasteiger partial charge in [-0.2, -0.15) is 17.5 Å². The normalized spacial score (nSPS) is 15.4. The molecule has 174 valence electrons. The van der Waals surface area contributed by atoms with Gasteiger partial charge in [0.15, 0.2) is 0 Å². The van der Waals surface area contributed by atoms with Crippen molar-refractivity contribution < 1.29 is 31.5 Å². The molecule has 1 aliphatic rings. The van der Waals surface area contributed by atoms with Crippen molar-refractivity contribution in [3.05, 3.63) is 35.2 Å². The molecule has 2 aromatic heterocycles. The van der Waals surface area contributed by atoms with Gasteiger partial charge in [0, 0.05) is 25.7 Å². The summed E-state index contributed by atoms with van der Waals surface area (Å²) in [6, 6.07) is 3.87. The average molecular weight is 483 g/mol. The van der Waals surface area contributed by atoms with E-state index in [9.17, 15) is 21.6 Å². The predicted molar refractivity (Wildman–Crippen MR) is 109 cm³/mol. The fourth-order valence-corrected chi connectivity index (χ4v) is 5.37. The van der Waals surface area contributed by atoms with Crippen LogP contribution in [0.1, 0.15) is 31.7 Å². The van der Waals surface area contributed by atoms with E-state index in [1.165, 1.54) is 11.3 Å². The van der Waals surface area contributed by atoms with Gasteiger partial charge < -0.3 is 9.67 Å². The topological polar surface area (TPSA) is 95.7 Å². The second kappa shape index (κ2) is 10.1. The molecule has 1 N–H and O–H groups in total. The van der Waals surface area contributed by atoms with Crippen LogP contribution in [0.2, 0.25) is 0 Å². The van der Waals surface area contributed by atoms with E-state index in [-0.39, 0.29) is 0 Å². The maximum Gasteiger partial charge on any atom is 0.490 e. The fraction of sp³-hybridized carbons (Fsp3) is 0.556. The van der Waals surface area contributed by atoms with Gasteiger partial charge in [-0.15, -0.1) is 11.3 Å². The molecular formula is C18H25F3N4O4S2. The second-order valence-electron chi connectivity index (χ2n) is 7.27. The van der Waals surface area contributed by atoms with Gasteiger partial charge in [-0.3, -0.25) is 4.90 Å².